The average molecular weight is 491 g/mol. The number of aliphatic hydroxyl groups excluding tert-OH is 1. The number of azide groups is 1. The van der Waals surface area contributed by atoms with Crippen LogP contribution >= 0.6 is 7.82 Å². The van der Waals surface area contributed by atoms with Crippen LogP contribution in [0.2, 0.25) is 0 Å². The first kappa shape index (κ1) is 32.1. The highest BCUT2D eigenvalue weighted by Crippen LogP contribution is 2.38. The van der Waals surface area contributed by atoms with Crippen molar-refractivity contribution < 1.29 is 28.1 Å². The van der Waals surface area contributed by atoms with E-state index >= 15 is 0 Å². The summed E-state index contributed by atoms with van der Waals surface area (Å²) in [5.74, 6) is 0. The van der Waals surface area contributed by atoms with Crippen LogP contribution in [-0.4, -0.2) is 62.6 Å². The molecule has 0 fully saturated rings. The van der Waals surface area contributed by atoms with E-state index in [-0.39, 0.29) is 6.61 Å². The molecule has 0 radical (unpaired) electrons. The molecule has 1 unspecified atom stereocenters. The molecule has 0 aromatic heterocycles. The number of allylic oxidation sites excluding steroid dienone is 1. The molecule has 0 spiro atoms. The molecule has 9 nitrogen and oxygen atoms in total. The van der Waals surface area contributed by atoms with Gasteiger partial charge in [0.25, 0.3) is 7.82 Å². The maximum absolute atomic E-state index is 11.9. The van der Waals surface area contributed by atoms with Crippen molar-refractivity contribution >= 4 is 7.82 Å². The molecule has 0 aromatic rings. The molecular weight excluding hydrogens is 443 g/mol. The summed E-state index contributed by atoms with van der Waals surface area (Å²) in [5.41, 5.74) is 8.72. The van der Waals surface area contributed by atoms with Crippen LogP contribution in [0.5, 0.6) is 0 Å². The molecular formula is C23H47N4O5P. The second-order valence-electron chi connectivity index (χ2n) is 9.61. The van der Waals surface area contributed by atoms with Gasteiger partial charge in [-0.15, -0.1) is 0 Å². The van der Waals surface area contributed by atoms with Gasteiger partial charge in [0, 0.05) is 4.91 Å². The van der Waals surface area contributed by atoms with Crippen molar-refractivity contribution in [2.75, 3.05) is 40.9 Å². The average Bonchev–Trinajstić information content (AvgIpc) is 2.73. The fourth-order valence-corrected chi connectivity index (χ4v) is 3.90. The summed E-state index contributed by atoms with van der Waals surface area (Å²) in [6, 6.07) is -1.05. The van der Waals surface area contributed by atoms with Gasteiger partial charge in [0.15, 0.2) is 0 Å². The number of phosphoric acid groups is 1. The molecule has 194 valence electrons. The Morgan fingerprint density at radius 1 is 1.03 bits per heavy atom. The minimum atomic E-state index is -4.53. The Morgan fingerprint density at radius 3 is 2.09 bits per heavy atom. The summed E-state index contributed by atoms with van der Waals surface area (Å²) in [7, 11) is 1.21. The van der Waals surface area contributed by atoms with Gasteiger partial charge in [0.2, 0.25) is 0 Å². The molecule has 0 aromatic carbocycles. The van der Waals surface area contributed by atoms with Crippen molar-refractivity contribution in [3.63, 3.8) is 0 Å². The Kier molecular flexibility index (Phi) is 18.9. The molecule has 0 saturated carbocycles. The first-order valence-corrected chi connectivity index (χ1v) is 13.9. The first-order chi connectivity index (χ1) is 15.6. The van der Waals surface area contributed by atoms with Gasteiger partial charge in [-0.2, -0.15) is 0 Å². The molecule has 1 N–H and O–H groups in total. The monoisotopic (exact) mass is 490 g/mol. The third-order valence-corrected chi connectivity index (χ3v) is 6.28. The van der Waals surface area contributed by atoms with Crippen LogP contribution in [0.1, 0.15) is 84.0 Å². The number of phosphoric ester groups is 1. The summed E-state index contributed by atoms with van der Waals surface area (Å²) < 4.78 is 22.1. The quantitative estimate of drug-likeness (QED) is 0.0408. The highest BCUT2D eigenvalue weighted by atomic mass is 31.2. The van der Waals surface area contributed by atoms with Crippen LogP contribution in [-0.2, 0) is 13.6 Å². The smallest absolute Gasteiger partial charge is 0.268 e. The van der Waals surface area contributed by atoms with Crippen LogP contribution in [0.15, 0.2) is 17.3 Å². The highest BCUT2D eigenvalue weighted by molar-refractivity contribution is 7.45. The minimum absolute atomic E-state index is 0.0160. The number of unbranched alkanes of at least 4 members (excludes halogenated alkanes) is 11. The Balaban J connectivity index is 4.06. The van der Waals surface area contributed by atoms with E-state index in [0.29, 0.717) is 11.0 Å². The third-order valence-electron chi connectivity index (χ3n) is 5.32. The molecule has 0 aliphatic heterocycles. The van der Waals surface area contributed by atoms with Gasteiger partial charge in [-0.3, -0.25) is 4.57 Å². The fourth-order valence-electron chi connectivity index (χ4n) is 3.19. The summed E-state index contributed by atoms with van der Waals surface area (Å²) in [6.45, 7) is 2.23. The van der Waals surface area contributed by atoms with E-state index in [1.807, 2.05) is 27.2 Å². The molecule has 0 aliphatic rings. The Labute approximate surface area is 201 Å². The Hall–Kier alpha value is -0.920. The second kappa shape index (κ2) is 19.4. The van der Waals surface area contributed by atoms with Crippen molar-refractivity contribution in [2.45, 2.75) is 96.1 Å². The molecule has 0 amide bonds. The van der Waals surface area contributed by atoms with Crippen LogP contribution in [0.3, 0.4) is 0 Å². The summed E-state index contributed by atoms with van der Waals surface area (Å²) >= 11 is 0. The summed E-state index contributed by atoms with van der Waals surface area (Å²) in [5, 5.41) is 13.7. The van der Waals surface area contributed by atoms with Crippen molar-refractivity contribution in [3.05, 3.63) is 22.6 Å². The Bertz CT molecular complexity index is 606. The normalized spacial score (nSPS) is 15.8. The van der Waals surface area contributed by atoms with Crippen molar-refractivity contribution in [1.29, 1.82) is 0 Å². The van der Waals surface area contributed by atoms with Crippen molar-refractivity contribution in [1.82, 2.24) is 0 Å². The topological polar surface area (TPSA) is 128 Å². The van der Waals surface area contributed by atoms with Gasteiger partial charge >= 0.3 is 0 Å². The van der Waals surface area contributed by atoms with Gasteiger partial charge in [0.05, 0.1) is 39.9 Å². The molecule has 0 rings (SSSR count). The van der Waals surface area contributed by atoms with E-state index < -0.39 is 26.6 Å². The maximum Gasteiger partial charge on any atom is 0.268 e. The molecule has 33 heavy (non-hydrogen) atoms. The number of aliphatic hydroxyl groups is 1. The van der Waals surface area contributed by atoms with Gasteiger partial charge in [-0.25, -0.2) is 0 Å². The molecule has 0 saturated heterocycles. The largest absolute Gasteiger partial charge is 0.756 e. The van der Waals surface area contributed by atoms with E-state index in [1.54, 1.807) is 0 Å². The SMILES string of the molecule is CCCCCCCCCCCCC/C=C/[C@@H](O)[C@H](COP(=O)([O-])OCC[N+](C)(C)C)N=[N+]=[N-]. The van der Waals surface area contributed by atoms with Crippen molar-refractivity contribution in [2.24, 2.45) is 5.11 Å². The van der Waals surface area contributed by atoms with Gasteiger partial charge in [0.1, 0.15) is 13.2 Å². The van der Waals surface area contributed by atoms with Gasteiger partial charge < -0.3 is 23.5 Å². The van der Waals surface area contributed by atoms with E-state index in [0.717, 1.165) is 19.3 Å². The predicted octanol–water partition coefficient (Wildman–Crippen LogP) is 5.49. The number of hydrogen-bond acceptors (Lipinski definition) is 6. The zero-order valence-corrected chi connectivity index (χ0v) is 22.1. The highest BCUT2D eigenvalue weighted by Gasteiger charge is 2.20. The fraction of sp³-hybridized carbons (Fsp3) is 0.913. The number of likely N-dealkylation sites (N-methyl/N-ethyl adjacent to an activating group) is 1. The predicted molar refractivity (Wildman–Crippen MR) is 132 cm³/mol. The van der Waals surface area contributed by atoms with Crippen LogP contribution in [0.4, 0.5) is 0 Å². The lowest BCUT2D eigenvalue weighted by atomic mass is 10.0. The zero-order valence-electron chi connectivity index (χ0n) is 21.2. The number of nitrogens with zero attached hydrogens (tertiary/aromatic N) is 4. The summed E-state index contributed by atoms with van der Waals surface area (Å²) in [4.78, 5) is 14.6. The van der Waals surface area contributed by atoms with Crippen molar-refractivity contribution in [3.8, 4) is 0 Å². The molecule has 0 aliphatic carbocycles. The van der Waals surface area contributed by atoms with E-state index in [4.69, 9.17) is 14.6 Å². The van der Waals surface area contributed by atoms with E-state index in [1.165, 1.54) is 63.9 Å². The lowest BCUT2D eigenvalue weighted by Gasteiger charge is -2.28. The van der Waals surface area contributed by atoms with Crippen LogP contribution in [0.25, 0.3) is 10.4 Å². The first-order valence-electron chi connectivity index (χ1n) is 12.4. The second-order valence-corrected chi connectivity index (χ2v) is 11.0. The lowest BCUT2D eigenvalue weighted by molar-refractivity contribution is -0.870. The number of quaternary nitrogens is 1. The molecule has 3 atom stereocenters. The van der Waals surface area contributed by atoms with Gasteiger partial charge in [-0.1, -0.05) is 88.4 Å². The summed E-state index contributed by atoms with van der Waals surface area (Å²) in [6.07, 6.45) is 17.1. The van der Waals surface area contributed by atoms with E-state index in [2.05, 4.69) is 16.9 Å². The van der Waals surface area contributed by atoms with Crippen LogP contribution < -0.4 is 4.89 Å². The molecule has 10 heteroatoms. The minimum Gasteiger partial charge on any atom is -0.756 e. The zero-order chi connectivity index (χ0) is 25.0. The molecule has 0 heterocycles. The molecule has 0 bridgehead atoms. The maximum atomic E-state index is 11.9. The number of hydrogen-bond donors (Lipinski definition) is 1. The lowest BCUT2D eigenvalue weighted by Crippen LogP contribution is -2.37. The standard InChI is InChI=1S/C23H47N4O5P/c1-5-6-7-8-9-10-11-12-13-14-15-16-17-18-23(28)22(25-26-24)21-32-33(29,30)31-20-19-27(2,3)4/h17-18,22-23,28H,5-16,19-21H2,1-4H3/b18-17+/t22-,23+/m0/s1. The third kappa shape index (κ3) is 21.4. The van der Waals surface area contributed by atoms with Gasteiger partial charge in [-0.05, 0) is 18.4 Å². The Morgan fingerprint density at radius 2 is 1.58 bits per heavy atom. The van der Waals surface area contributed by atoms with E-state index in [9.17, 15) is 14.6 Å². The van der Waals surface area contributed by atoms with Crippen LogP contribution in [0, 0.1) is 0 Å². The number of rotatable bonds is 22.